The zero-order valence-corrected chi connectivity index (χ0v) is 21.2. The SMILES string of the molecule is CC(NC(=O)Cc1ccc(O)cc1)C(=O)N1CCCC1C(=O)NCc1ccc(CN)cc1.O=C(O)C(F)(F)F. The highest BCUT2D eigenvalue weighted by molar-refractivity contribution is 5.92. The van der Waals surface area contributed by atoms with E-state index in [1.54, 1.807) is 24.0 Å². The minimum Gasteiger partial charge on any atom is -0.508 e. The first-order valence-corrected chi connectivity index (χ1v) is 12.0. The number of hydrogen-bond acceptors (Lipinski definition) is 6. The van der Waals surface area contributed by atoms with Gasteiger partial charge in [-0.1, -0.05) is 36.4 Å². The lowest BCUT2D eigenvalue weighted by molar-refractivity contribution is -0.192. The highest BCUT2D eigenvalue weighted by Gasteiger charge is 2.38. The molecule has 6 N–H and O–H groups in total. The van der Waals surface area contributed by atoms with Crippen molar-refractivity contribution >= 4 is 23.7 Å². The molecule has 13 heteroatoms. The number of halogens is 3. The largest absolute Gasteiger partial charge is 0.508 e. The second-order valence-corrected chi connectivity index (χ2v) is 8.86. The van der Waals surface area contributed by atoms with Crippen molar-refractivity contribution in [3.63, 3.8) is 0 Å². The number of benzene rings is 2. The van der Waals surface area contributed by atoms with Gasteiger partial charge in [0.05, 0.1) is 6.42 Å². The van der Waals surface area contributed by atoms with Crippen LogP contribution in [0, 0.1) is 0 Å². The van der Waals surface area contributed by atoms with Crippen LogP contribution in [0.15, 0.2) is 48.5 Å². The smallest absolute Gasteiger partial charge is 0.490 e. The Morgan fingerprint density at radius 1 is 1.03 bits per heavy atom. The molecule has 0 aliphatic carbocycles. The number of carboxylic acids is 1. The highest BCUT2D eigenvalue weighted by Crippen LogP contribution is 2.19. The van der Waals surface area contributed by atoms with Gasteiger partial charge in [0, 0.05) is 19.6 Å². The molecular formula is C26H31F3N4O6. The van der Waals surface area contributed by atoms with E-state index < -0.39 is 24.2 Å². The van der Waals surface area contributed by atoms with Crippen molar-refractivity contribution in [2.45, 2.75) is 57.5 Å². The van der Waals surface area contributed by atoms with E-state index in [4.69, 9.17) is 15.6 Å². The predicted molar refractivity (Wildman–Crippen MR) is 134 cm³/mol. The molecule has 1 heterocycles. The first-order valence-electron chi connectivity index (χ1n) is 12.0. The van der Waals surface area contributed by atoms with Gasteiger partial charge in [0.25, 0.3) is 0 Å². The molecule has 3 rings (SSSR count). The van der Waals surface area contributed by atoms with Crippen LogP contribution >= 0.6 is 0 Å². The number of carbonyl (C=O) groups is 4. The number of nitrogens with zero attached hydrogens (tertiary/aromatic N) is 1. The van der Waals surface area contributed by atoms with Crippen molar-refractivity contribution in [3.05, 3.63) is 65.2 Å². The van der Waals surface area contributed by atoms with Gasteiger partial charge in [0.2, 0.25) is 17.7 Å². The Morgan fingerprint density at radius 2 is 1.56 bits per heavy atom. The van der Waals surface area contributed by atoms with E-state index in [-0.39, 0.29) is 29.9 Å². The Morgan fingerprint density at radius 3 is 2.10 bits per heavy atom. The Balaban J connectivity index is 0.000000673. The molecule has 0 radical (unpaired) electrons. The van der Waals surface area contributed by atoms with Gasteiger partial charge in [-0.15, -0.1) is 0 Å². The van der Waals surface area contributed by atoms with Crippen molar-refractivity contribution in [2.24, 2.45) is 5.73 Å². The molecule has 1 fully saturated rings. The third-order valence-electron chi connectivity index (χ3n) is 5.86. The maximum atomic E-state index is 12.9. The van der Waals surface area contributed by atoms with Crippen LogP contribution in [-0.2, 0) is 38.7 Å². The van der Waals surface area contributed by atoms with Gasteiger partial charge in [-0.25, -0.2) is 4.79 Å². The topological polar surface area (TPSA) is 162 Å². The number of likely N-dealkylation sites (tertiary alicyclic amines) is 1. The van der Waals surface area contributed by atoms with E-state index >= 15 is 0 Å². The van der Waals surface area contributed by atoms with Crippen molar-refractivity contribution in [1.82, 2.24) is 15.5 Å². The number of amides is 3. The first-order chi connectivity index (χ1) is 18.3. The zero-order valence-electron chi connectivity index (χ0n) is 21.2. The molecular weight excluding hydrogens is 521 g/mol. The van der Waals surface area contributed by atoms with Gasteiger partial charge in [0.15, 0.2) is 0 Å². The third-order valence-corrected chi connectivity index (χ3v) is 5.86. The quantitative estimate of drug-likeness (QED) is 0.334. The number of carbonyl (C=O) groups excluding carboxylic acids is 3. The molecule has 2 unspecified atom stereocenters. The molecule has 2 aromatic rings. The first kappa shape index (κ1) is 31.1. The molecule has 0 aromatic heterocycles. The number of nitrogens with two attached hydrogens (primary N) is 1. The standard InChI is InChI=1S/C24H30N4O4.C2HF3O2/c1-16(27-22(30)13-17-8-10-20(29)11-9-17)24(32)28-12-2-3-21(28)23(31)26-15-19-6-4-18(14-25)5-7-19;3-2(4,5)1(6)7/h4-11,16,21,29H,2-3,12-15,25H2,1H3,(H,26,31)(H,27,30);(H,6,7). The normalized spacial score (nSPS) is 15.5. The lowest BCUT2D eigenvalue weighted by Crippen LogP contribution is -2.52. The summed E-state index contributed by atoms with van der Waals surface area (Å²) in [5.41, 5.74) is 8.32. The lowest BCUT2D eigenvalue weighted by Gasteiger charge is -2.27. The Kier molecular flexibility index (Phi) is 11.3. The summed E-state index contributed by atoms with van der Waals surface area (Å²) in [7, 11) is 0. The maximum absolute atomic E-state index is 12.9. The van der Waals surface area contributed by atoms with Crippen molar-refractivity contribution in [1.29, 1.82) is 0 Å². The Hall–Kier alpha value is -4.13. The second-order valence-electron chi connectivity index (χ2n) is 8.86. The minimum atomic E-state index is -5.08. The molecule has 39 heavy (non-hydrogen) atoms. The summed E-state index contributed by atoms with van der Waals surface area (Å²) >= 11 is 0. The number of rotatable bonds is 8. The van der Waals surface area contributed by atoms with Crippen LogP contribution in [0.2, 0.25) is 0 Å². The molecule has 212 valence electrons. The average molecular weight is 553 g/mol. The zero-order chi connectivity index (χ0) is 29.2. The number of carboxylic acid groups (broad SMARTS) is 1. The number of hydrogen-bond donors (Lipinski definition) is 5. The lowest BCUT2D eigenvalue weighted by atomic mass is 10.1. The molecule has 0 bridgehead atoms. The van der Waals surface area contributed by atoms with Crippen LogP contribution < -0.4 is 16.4 Å². The van der Waals surface area contributed by atoms with E-state index in [0.717, 1.165) is 23.1 Å². The van der Waals surface area contributed by atoms with E-state index in [9.17, 15) is 32.7 Å². The van der Waals surface area contributed by atoms with E-state index in [1.807, 2.05) is 24.3 Å². The highest BCUT2D eigenvalue weighted by atomic mass is 19.4. The molecule has 2 aromatic carbocycles. The van der Waals surface area contributed by atoms with Gasteiger partial charge in [-0.05, 0) is 48.6 Å². The summed E-state index contributed by atoms with van der Waals surface area (Å²) in [6, 6.07) is 12.8. The summed E-state index contributed by atoms with van der Waals surface area (Å²) in [6.45, 7) is 2.96. The number of phenols is 1. The maximum Gasteiger partial charge on any atom is 0.490 e. The third kappa shape index (κ3) is 9.93. The number of aliphatic carboxylic acids is 1. The summed E-state index contributed by atoms with van der Waals surface area (Å²) in [6.07, 6.45) is -3.65. The van der Waals surface area contributed by atoms with Gasteiger partial charge >= 0.3 is 12.1 Å². The molecule has 0 saturated carbocycles. The molecule has 2 atom stereocenters. The van der Waals surface area contributed by atoms with Crippen LogP contribution in [0.5, 0.6) is 5.75 Å². The molecule has 3 amide bonds. The van der Waals surface area contributed by atoms with E-state index in [2.05, 4.69) is 10.6 Å². The fraction of sp³-hybridized carbons (Fsp3) is 0.385. The molecule has 1 aliphatic heterocycles. The van der Waals surface area contributed by atoms with Gasteiger partial charge < -0.3 is 31.5 Å². The predicted octanol–water partition coefficient (Wildman–Crippen LogP) is 1.84. The number of nitrogens with one attached hydrogen (secondary N) is 2. The van der Waals surface area contributed by atoms with Crippen LogP contribution in [0.3, 0.4) is 0 Å². The van der Waals surface area contributed by atoms with Crippen molar-refractivity contribution in [2.75, 3.05) is 6.54 Å². The monoisotopic (exact) mass is 552 g/mol. The number of phenolic OH excluding ortho intramolecular Hbond substituents is 1. The molecule has 0 spiro atoms. The fourth-order valence-corrected chi connectivity index (χ4v) is 3.81. The van der Waals surface area contributed by atoms with Crippen LogP contribution in [-0.4, -0.2) is 63.6 Å². The van der Waals surface area contributed by atoms with Crippen molar-refractivity contribution < 1.29 is 42.6 Å². The van der Waals surface area contributed by atoms with Crippen LogP contribution in [0.4, 0.5) is 13.2 Å². The van der Waals surface area contributed by atoms with Gasteiger partial charge in [0.1, 0.15) is 17.8 Å². The minimum absolute atomic E-state index is 0.102. The van der Waals surface area contributed by atoms with Crippen molar-refractivity contribution in [3.8, 4) is 5.75 Å². The van der Waals surface area contributed by atoms with E-state index in [1.165, 1.54) is 12.1 Å². The van der Waals surface area contributed by atoms with Crippen LogP contribution in [0.1, 0.15) is 36.5 Å². The Bertz CT molecular complexity index is 1140. The summed E-state index contributed by atoms with van der Waals surface area (Å²) in [5.74, 6) is -3.39. The molecule has 10 nitrogen and oxygen atoms in total. The van der Waals surface area contributed by atoms with Gasteiger partial charge in [-0.3, -0.25) is 14.4 Å². The molecule has 1 aliphatic rings. The molecule has 1 saturated heterocycles. The van der Waals surface area contributed by atoms with E-state index in [0.29, 0.717) is 26.1 Å². The summed E-state index contributed by atoms with van der Waals surface area (Å²) in [4.78, 5) is 48.4. The number of aromatic hydroxyl groups is 1. The number of alkyl halides is 3. The summed E-state index contributed by atoms with van der Waals surface area (Å²) in [5, 5.41) is 22.1. The van der Waals surface area contributed by atoms with Gasteiger partial charge in [-0.2, -0.15) is 13.2 Å². The summed E-state index contributed by atoms with van der Waals surface area (Å²) < 4.78 is 31.7. The second kappa shape index (κ2) is 14.1. The fourth-order valence-electron chi connectivity index (χ4n) is 3.81. The van der Waals surface area contributed by atoms with Crippen LogP contribution in [0.25, 0.3) is 0 Å². The Labute approximate surface area is 223 Å². The average Bonchev–Trinajstić information content (AvgIpc) is 3.38.